The second-order valence-electron chi connectivity index (χ2n) is 6.10. The quantitative estimate of drug-likeness (QED) is 0.657. The number of carbonyl (C=O) groups excluding carboxylic acids is 1. The minimum Gasteiger partial charge on any atom is -0.495 e. The Morgan fingerprint density at radius 2 is 1.89 bits per heavy atom. The summed E-state index contributed by atoms with van der Waals surface area (Å²) < 4.78 is 10.7. The Hall–Kier alpha value is -3.12. The molecule has 1 aromatic heterocycles. The maximum Gasteiger partial charge on any atom is 0.238 e. The van der Waals surface area contributed by atoms with Gasteiger partial charge >= 0.3 is 0 Å². The fourth-order valence-corrected chi connectivity index (χ4v) is 2.77. The summed E-state index contributed by atoms with van der Waals surface area (Å²) in [6, 6.07) is 19.1. The molecule has 0 bridgehead atoms. The van der Waals surface area contributed by atoms with E-state index in [1.165, 1.54) is 0 Å². The minimum absolute atomic E-state index is 0.104. The number of amides is 1. The first-order chi connectivity index (χ1) is 13.2. The molecule has 27 heavy (non-hydrogen) atoms. The van der Waals surface area contributed by atoms with Crippen molar-refractivity contribution < 1.29 is 14.1 Å². The molecule has 0 unspecified atom stereocenters. The molecular formula is C21H23N3O3. The lowest BCUT2D eigenvalue weighted by Gasteiger charge is -2.18. The third kappa shape index (κ3) is 4.95. The van der Waals surface area contributed by atoms with Crippen molar-refractivity contribution in [2.45, 2.75) is 13.5 Å². The molecule has 0 aliphatic heterocycles. The van der Waals surface area contributed by atoms with Gasteiger partial charge < -0.3 is 14.6 Å². The van der Waals surface area contributed by atoms with Crippen molar-refractivity contribution in [3.8, 4) is 17.1 Å². The van der Waals surface area contributed by atoms with Gasteiger partial charge in [-0.2, -0.15) is 0 Å². The summed E-state index contributed by atoms with van der Waals surface area (Å²) in [7, 11) is 1.58. The largest absolute Gasteiger partial charge is 0.495 e. The standard InChI is InChI=1S/C21H23N3O3/c1-3-24(15-21(25)22-18-11-7-8-12-19(18)26-2)14-17-13-20(27-23-17)16-9-5-4-6-10-16/h4-13H,3,14-15H2,1-2H3,(H,22,25). The van der Waals surface area contributed by atoms with E-state index in [0.29, 0.717) is 24.5 Å². The first-order valence-electron chi connectivity index (χ1n) is 8.86. The van der Waals surface area contributed by atoms with Crippen LogP contribution in [0.4, 0.5) is 5.69 Å². The molecule has 1 N–H and O–H groups in total. The van der Waals surface area contributed by atoms with Crippen LogP contribution in [0.15, 0.2) is 65.2 Å². The van der Waals surface area contributed by atoms with Gasteiger partial charge in [0.25, 0.3) is 0 Å². The number of benzene rings is 2. The lowest BCUT2D eigenvalue weighted by atomic mass is 10.1. The lowest BCUT2D eigenvalue weighted by Crippen LogP contribution is -2.32. The highest BCUT2D eigenvalue weighted by atomic mass is 16.5. The van der Waals surface area contributed by atoms with Crippen molar-refractivity contribution in [2.24, 2.45) is 0 Å². The Morgan fingerprint density at radius 1 is 1.15 bits per heavy atom. The van der Waals surface area contributed by atoms with Crippen LogP contribution >= 0.6 is 0 Å². The van der Waals surface area contributed by atoms with Gasteiger partial charge in [-0.3, -0.25) is 9.69 Å². The third-order valence-electron chi connectivity index (χ3n) is 4.20. The number of nitrogens with zero attached hydrogens (tertiary/aromatic N) is 2. The van der Waals surface area contributed by atoms with Crippen molar-refractivity contribution in [3.05, 3.63) is 66.4 Å². The van der Waals surface area contributed by atoms with Crippen LogP contribution in [0, 0.1) is 0 Å². The van der Waals surface area contributed by atoms with Crippen LogP contribution < -0.4 is 10.1 Å². The Kier molecular flexibility index (Phi) is 6.22. The van der Waals surface area contributed by atoms with Gasteiger partial charge in [-0.15, -0.1) is 0 Å². The molecule has 0 atom stereocenters. The third-order valence-corrected chi connectivity index (χ3v) is 4.20. The average molecular weight is 365 g/mol. The number of nitrogens with one attached hydrogen (secondary N) is 1. The summed E-state index contributed by atoms with van der Waals surface area (Å²) in [5.41, 5.74) is 2.43. The van der Waals surface area contributed by atoms with Crippen molar-refractivity contribution in [2.75, 3.05) is 25.5 Å². The topological polar surface area (TPSA) is 67.6 Å². The molecule has 1 amide bonds. The molecule has 0 aliphatic rings. The van der Waals surface area contributed by atoms with Crippen molar-refractivity contribution >= 4 is 11.6 Å². The van der Waals surface area contributed by atoms with E-state index in [1.54, 1.807) is 7.11 Å². The van der Waals surface area contributed by atoms with Crippen molar-refractivity contribution in [1.29, 1.82) is 0 Å². The molecular weight excluding hydrogens is 342 g/mol. The predicted molar refractivity (Wildman–Crippen MR) is 105 cm³/mol. The molecule has 6 nitrogen and oxygen atoms in total. The lowest BCUT2D eigenvalue weighted by molar-refractivity contribution is -0.117. The van der Waals surface area contributed by atoms with Gasteiger partial charge in [0, 0.05) is 18.2 Å². The van der Waals surface area contributed by atoms with Gasteiger partial charge in [0.15, 0.2) is 5.76 Å². The fraction of sp³-hybridized carbons (Fsp3) is 0.238. The number of anilines is 1. The fourth-order valence-electron chi connectivity index (χ4n) is 2.77. The Balaban J connectivity index is 1.61. The first-order valence-corrected chi connectivity index (χ1v) is 8.86. The molecule has 3 aromatic rings. The van der Waals surface area contributed by atoms with E-state index in [-0.39, 0.29) is 12.5 Å². The van der Waals surface area contributed by atoms with Gasteiger partial charge in [0.2, 0.25) is 5.91 Å². The molecule has 3 rings (SSSR count). The smallest absolute Gasteiger partial charge is 0.238 e. The van der Waals surface area contributed by atoms with Crippen LogP contribution in [0.5, 0.6) is 5.75 Å². The number of hydrogen-bond donors (Lipinski definition) is 1. The van der Waals surface area contributed by atoms with Crippen LogP contribution in [0.1, 0.15) is 12.6 Å². The molecule has 0 spiro atoms. The second kappa shape index (κ2) is 9.00. The number of methoxy groups -OCH3 is 1. The van der Waals surface area contributed by atoms with Gasteiger partial charge in [-0.25, -0.2) is 0 Å². The summed E-state index contributed by atoms with van der Waals surface area (Å²) in [6.07, 6.45) is 0. The van der Waals surface area contributed by atoms with Crippen LogP contribution in [0.25, 0.3) is 11.3 Å². The molecule has 140 valence electrons. The highest BCUT2D eigenvalue weighted by molar-refractivity contribution is 5.93. The van der Waals surface area contributed by atoms with Crippen molar-refractivity contribution in [3.63, 3.8) is 0 Å². The van der Waals surface area contributed by atoms with Crippen molar-refractivity contribution in [1.82, 2.24) is 10.1 Å². The van der Waals surface area contributed by atoms with Gasteiger partial charge in [-0.1, -0.05) is 54.5 Å². The van der Waals surface area contributed by atoms with Crippen LogP contribution in [-0.2, 0) is 11.3 Å². The van der Waals surface area contributed by atoms with E-state index in [2.05, 4.69) is 10.5 Å². The highest BCUT2D eigenvalue weighted by Gasteiger charge is 2.14. The molecule has 2 aromatic carbocycles. The van der Waals surface area contributed by atoms with Gasteiger partial charge in [0.1, 0.15) is 5.75 Å². The van der Waals surface area contributed by atoms with E-state index < -0.39 is 0 Å². The Labute approximate surface area is 158 Å². The van der Waals surface area contributed by atoms with E-state index in [9.17, 15) is 4.79 Å². The number of hydrogen-bond acceptors (Lipinski definition) is 5. The number of aromatic nitrogens is 1. The number of ether oxygens (including phenoxy) is 1. The molecule has 6 heteroatoms. The molecule has 0 aliphatic carbocycles. The Bertz CT molecular complexity index is 877. The number of carbonyl (C=O) groups is 1. The zero-order chi connectivity index (χ0) is 19.1. The first kappa shape index (κ1) is 18.7. The zero-order valence-electron chi connectivity index (χ0n) is 15.5. The summed E-state index contributed by atoms with van der Waals surface area (Å²) in [5.74, 6) is 1.26. The normalized spacial score (nSPS) is 10.8. The highest BCUT2D eigenvalue weighted by Crippen LogP contribution is 2.23. The van der Waals surface area contributed by atoms with E-state index >= 15 is 0 Å². The van der Waals surface area contributed by atoms with Crippen LogP contribution in [-0.4, -0.2) is 36.2 Å². The summed E-state index contributed by atoms with van der Waals surface area (Å²) >= 11 is 0. The maximum atomic E-state index is 12.4. The van der Waals surface area contributed by atoms with Gasteiger partial charge in [0.05, 0.1) is 25.0 Å². The zero-order valence-corrected chi connectivity index (χ0v) is 15.5. The van der Waals surface area contributed by atoms with E-state index in [1.807, 2.05) is 72.5 Å². The summed E-state index contributed by atoms with van der Waals surface area (Å²) in [4.78, 5) is 14.4. The maximum absolute atomic E-state index is 12.4. The van der Waals surface area contributed by atoms with Gasteiger partial charge in [-0.05, 0) is 18.7 Å². The SMILES string of the molecule is CCN(CC(=O)Nc1ccccc1OC)Cc1cc(-c2ccccc2)on1. The monoisotopic (exact) mass is 365 g/mol. The minimum atomic E-state index is -0.104. The molecule has 1 heterocycles. The van der Waals surface area contributed by atoms with Crippen LogP contribution in [0.3, 0.4) is 0 Å². The number of rotatable bonds is 8. The summed E-state index contributed by atoms with van der Waals surface area (Å²) in [5, 5.41) is 7.02. The molecule has 0 fully saturated rings. The second-order valence-corrected chi connectivity index (χ2v) is 6.10. The van der Waals surface area contributed by atoms with E-state index in [4.69, 9.17) is 9.26 Å². The number of likely N-dealkylation sites (N-methyl/N-ethyl adjacent to an activating group) is 1. The van der Waals surface area contributed by atoms with Crippen LogP contribution in [0.2, 0.25) is 0 Å². The molecule has 0 saturated carbocycles. The Morgan fingerprint density at radius 3 is 2.63 bits per heavy atom. The average Bonchev–Trinajstić information content (AvgIpc) is 3.17. The number of para-hydroxylation sites is 2. The van der Waals surface area contributed by atoms with E-state index in [0.717, 1.165) is 17.0 Å². The summed E-state index contributed by atoms with van der Waals surface area (Å²) in [6.45, 7) is 3.51. The predicted octanol–water partition coefficient (Wildman–Crippen LogP) is 3.81. The molecule has 0 saturated heterocycles. The molecule has 0 radical (unpaired) electrons.